The van der Waals surface area contributed by atoms with Crippen molar-refractivity contribution in [3.8, 4) is 11.4 Å². The Kier molecular flexibility index (Phi) is 6.61. The van der Waals surface area contributed by atoms with Gasteiger partial charge >= 0.3 is 0 Å². The molecule has 1 aromatic carbocycles. The lowest BCUT2D eigenvalue weighted by Gasteiger charge is -2.37. The highest BCUT2D eigenvalue weighted by atomic mass is 16.3. The number of hydrogen-bond acceptors (Lipinski definition) is 5. The molecule has 30 heavy (non-hydrogen) atoms. The van der Waals surface area contributed by atoms with E-state index >= 15 is 0 Å². The van der Waals surface area contributed by atoms with Crippen LogP contribution in [0.3, 0.4) is 0 Å². The van der Waals surface area contributed by atoms with Crippen LogP contribution in [0.5, 0.6) is 0 Å². The standard InChI is InChI=1S/C20H24N6O.CH2O2/c1-14(2)18-20-21-19(16-7-5-4-6-8-16)23-26(20)12-11-25(18)17(27)13-24-10-9-15(3)22-24;2-1-3/h4-10,14,18H,11-13H2,1-3H3;1H,(H,2,3)/t18-;/m0./s1. The first-order valence-electron chi connectivity index (χ1n) is 9.82. The van der Waals surface area contributed by atoms with Crippen molar-refractivity contribution < 1.29 is 14.7 Å². The second-order valence-corrected chi connectivity index (χ2v) is 7.42. The molecule has 0 aliphatic carbocycles. The summed E-state index contributed by atoms with van der Waals surface area (Å²) < 4.78 is 3.65. The van der Waals surface area contributed by atoms with Crippen molar-refractivity contribution in [2.75, 3.05) is 6.54 Å². The summed E-state index contributed by atoms with van der Waals surface area (Å²) in [5, 5.41) is 15.9. The van der Waals surface area contributed by atoms with Crippen LogP contribution in [0.4, 0.5) is 0 Å². The zero-order chi connectivity index (χ0) is 21.7. The van der Waals surface area contributed by atoms with Crippen molar-refractivity contribution in [3.05, 3.63) is 54.1 Å². The number of rotatable bonds is 4. The summed E-state index contributed by atoms with van der Waals surface area (Å²) in [6, 6.07) is 11.8. The van der Waals surface area contributed by atoms with Gasteiger partial charge in [0.05, 0.1) is 18.3 Å². The van der Waals surface area contributed by atoms with Crippen LogP contribution in [0, 0.1) is 12.8 Å². The van der Waals surface area contributed by atoms with Gasteiger partial charge in [0.1, 0.15) is 6.54 Å². The molecule has 3 heterocycles. The first-order valence-corrected chi connectivity index (χ1v) is 9.82. The summed E-state index contributed by atoms with van der Waals surface area (Å²) in [5.74, 6) is 1.88. The lowest BCUT2D eigenvalue weighted by Crippen LogP contribution is -2.46. The van der Waals surface area contributed by atoms with Crippen LogP contribution >= 0.6 is 0 Å². The lowest BCUT2D eigenvalue weighted by molar-refractivity contribution is -0.137. The predicted octanol–water partition coefficient (Wildman–Crippen LogP) is 2.39. The van der Waals surface area contributed by atoms with E-state index in [1.54, 1.807) is 4.68 Å². The number of aryl methyl sites for hydroxylation is 1. The minimum Gasteiger partial charge on any atom is -0.483 e. The maximum atomic E-state index is 13.0. The van der Waals surface area contributed by atoms with Crippen LogP contribution in [0.15, 0.2) is 42.6 Å². The molecular formula is C21H26N6O3. The molecule has 0 saturated carbocycles. The molecule has 0 saturated heterocycles. The highest BCUT2D eigenvalue weighted by Crippen LogP contribution is 2.32. The number of carboxylic acid groups (broad SMARTS) is 1. The van der Waals surface area contributed by atoms with Crippen LogP contribution in [0.1, 0.15) is 31.4 Å². The Bertz CT molecular complexity index is 995. The third-order valence-electron chi connectivity index (χ3n) is 4.91. The van der Waals surface area contributed by atoms with Crippen LogP contribution < -0.4 is 0 Å². The smallest absolute Gasteiger partial charge is 0.290 e. The van der Waals surface area contributed by atoms with Crippen molar-refractivity contribution in [2.24, 2.45) is 5.92 Å². The fraction of sp³-hybridized carbons (Fsp3) is 0.381. The molecule has 0 fully saturated rings. The number of carbonyl (C=O) groups is 2. The zero-order valence-corrected chi connectivity index (χ0v) is 17.3. The summed E-state index contributed by atoms with van der Waals surface area (Å²) in [6.45, 7) is 7.45. The average molecular weight is 410 g/mol. The average Bonchev–Trinajstić information content (AvgIpc) is 3.34. The Morgan fingerprint density at radius 3 is 2.50 bits per heavy atom. The number of hydrogen-bond donors (Lipinski definition) is 1. The van der Waals surface area contributed by atoms with Gasteiger partial charge in [0.15, 0.2) is 11.6 Å². The Hall–Kier alpha value is -3.49. The van der Waals surface area contributed by atoms with E-state index in [-0.39, 0.29) is 30.9 Å². The van der Waals surface area contributed by atoms with Gasteiger partial charge in [-0.2, -0.15) is 10.2 Å². The Labute approximate surface area is 175 Å². The topological polar surface area (TPSA) is 106 Å². The molecule has 4 rings (SSSR count). The van der Waals surface area contributed by atoms with Gasteiger partial charge in [-0.3, -0.25) is 14.3 Å². The molecule has 0 spiro atoms. The van der Waals surface area contributed by atoms with Crippen LogP contribution in [0.25, 0.3) is 11.4 Å². The van der Waals surface area contributed by atoms with Gasteiger partial charge in [-0.25, -0.2) is 9.67 Å². The van der Waals surface area contributed by atoms with E-state index in [2.05, 4.69) is 24.0 Å². The molecule has 0 bridgehead atoms. The minimum atomic E-state index is -0.250. The first-order chi connectivity index (χ1) is 14.4. The second kappa shape index (κ2) is 9.34. The highest BCUT2D eigenvalue weighted by Gasteiger charge is 2.35. The number of benzene rings is 1. The van der Waals surface area contributed by atoms with Crippen LogP contribution in [0.2, 0.25) is 0 Å². The molecule has 1 N–H and O–H groups in total. The van der Waals surface area contributed by atoms with Crippen LogP contribution in [-0.4, -0.2) is 53.5 Å². The molecule has 1 aliphatic heterocycles. The van der Waals surface area contributed by atoms with E-state index in [1.165, 1.54) is 0 Å². The van der Waals surface area contributed by atoms with Crippen molar-refractivity contribution in [1.29, 1.82) is 0 Å². The van der Waals surface area contributed by atoms with Gasteiger partial charge in [-0.05, 0) is 18.9 Å². The van der Waals surface area contributed by atoms with Gasteiger partial charge in [-0.15, -0.1) is 0 Å². The summed E-state index contributed by atoms with van der Waals surface area (Å²) in [7, 11) is 0. The third-order valence-corrected chi connectivity index (χ3v) is 4.91. The van der Waals surface area contributed by atoms with E-state index in [0.29, 0.717) is 18.9 Å². The van der Waals surface area contributed by atoms with Gasteiger partial charge < -0.3 is 10.0 Å². The predicted molar refractivity (Wildman–Crippen MR) is 110 cm³/mol. The van der Waals surface area contributed by atoms with Gasteiger partial charge in [0.2, 0.25) is 5.91 Å². The SMILES string of the molecule is Cc1ccn(CC(=O)N2CCn3nc(-c4ccccc4)nc3[C@@H]2C(C)C)n1.O=CO. The Balaban J connectivity index is 0.000000806. The first kappa shape index (κ1) is 21.2. The Morgan fingerprint density at radius 1 is 1.20 bits per heavy atom. The van der Waals surface area contributed by atoms with Crippen molar-refractivity contribution in [3.63, 3.8) is 0 Å². The molecule has 1 atom stereocenters. The summed E-state index contributed by atoms with van der Waals surface area (Å²) >= 11 is 0. The van der Waals surface area contributed by atoms with Gasteiger partial charge in [0.25, 0.3) is 6.47 Å². The van der Waals surface area contributed by atoms with Crippen LogP contribution in [-0.2, 0) is 22.7 Å². The van der Waals surface area contributed by atoms with Crippen molar-refractivity contribution >= 4 is 12.4 Å². The van der Waals surface area contributed by atoms with Gasteiger partial charge in [-0.1, -0.05) is 44.2 Å². The van der Waals surface area contributed by atoms with E-state index < -0.39 is 0 Å². The normalized spacial score (nSPS) is 15.3. The second-order valence-electron chi connectivity index (χ2n) is 7.42. The summed E-state index contributed by atoms with van der Waals surface area (Å²) in [6.07, 6.45) is 1.84. The molecule has 158 valence electrons. The van der Waals surface area contributed by atoms with Crippen molar-refractivity contribution in [2.45, 2.75) is 39.9 Å². The number of fused-ring (bicyclic) bond motifs is 1. The number of nitrogens with zero attached hydrogens (tertiary/aromatic N) is 6. The number of aromatic nitrogens is 5. The fourth-order valence-electron chi connectivity index (χ4n) is 3.65. The fourth-order valence-corrected chi connectivity index (χ4v) is 3.65. The maximum absolute atomic E-state index is 13.0. The summed E-state index contributed by atoms with van der Waals surface area (Å²) in [5.41, 5.74) is 1.90. The maximum Gasteiger partial charge on any atom is 0.290 e. The van der Waals surface area contributed by atoms with Gasteiger partial charge in [0, 0.05) is 18.3 Å². The van der Waals surface area contributed by atoms with E-state index in [0.717, 1.165) is 17.1 Å². The number of amides is 1. The minimum absolute atomic E-state index is 0.0623. The summed E-state index contributed by atoms with van der Waals surface area (Å²) in [4.78, 5) is 28.1. The number of carbonyl (C=O) groups excluding carboxylic acids is 1. The molecule has 9 heteroatoms. The van der Waals surface area contributed by atoms with E-state index in [1.807, 2.05) is 59.1 Å². The zero-order valence-electron chi connectivity index (χ0n) is 17.3. The van der Waals surface area contributed by atoms with Crippen molar-refractivity contribution in [1.82, 2.24) is 29.4 Å². The van der Waals surface area contributed by atoms with E-state index in [4.69, 9.17) is 14.9 Å². The van der Waals surface area contributed by atoms with E-state index in [9.17, 15) is 4.79 Å². The molecule has 1 amide bonds. The molecule has 9 nitrogen and oxygen atoms in total. The third kappa shape index (κ3) is 4.56. The Morgan fingerprint density at radius 2 is 1.90 bits per heavy atom. The quantitative estimate of drug-likeness (QED) is 0.662. The highest BCUT2D eigenvalue weighted by molar-refractivity contribution is 5.76. The monoisotopic (exact) mass is 410 g/mol. The molecule has 3 aromatic rings. The molecule has 0 radical (unpaired) electrons. The molecule has 0 unspecified atom stereocenters. The largest absolute Gasteiger partial charge is 0.483 e. The molecular weight excluding hydrogens is 384 g/mol. The molecule has 1 aliphatic rings. The molecule has 2 aromatic heterocycles. The lowest BCUT2D eigenvalue weighted by atomic mass is 9.99.